The van der Waals surface area contributed by atoms with E-state index in [1.165, 1.54) is 0 Å². The molecule has 0 spiro atoms. The summed E-state index contributed by atoms with van der Waals surface area (Å²) in [5, 5.41) is 8.24. The van der Waals surface area contributed by atoms with Crippen molar-refractivity contribution in [3.05, 3.63) is 53.6 Å². The minimum Gasteiger partial charge on any atom is -0.494 e. The molecular weight excluding hydrogens is 486 g/mol. The lowest BCUT2D eigenvalue weighted by atomic mass is 10.1. The Bertz CT molecular complexity index is 1250. The van der Waals surface area contributed by atoms with Crippen LogP contribution in [0.25, 0.3) is 5.69 Å². The first-order valence-electron chi connectivity index (χ1n) is 11.5. The van der Waals surface area contributed by atoms with Crippen LogP contribution in [-0.2, 0) is 15.6 Å². The second kappa shape index (κ2) is 10.5. The molecule has 0 aliphatic carbocycles. The summed E-state index contributed by atoms with van der Waals surface area (Å²) in [4.78, 5) is 8.68. The molecule has 0 radical (unpaired) electrons. The van der Waals surface area contributed by atoms with Crippen LogP contribution in [0.4, 0.5) is 0 Å². The number of para-hydroxylation sites is 1. The van der Waals surface area contributed by atoms with Crippen molar-refractivity contribution in [3.8, 4) is 17.2 Å². The van der Waals surface area contributed by atoms with Gasteiger partial charge in [0.2, 0.25) is 0 Å². The first kappa shape index (κ1) is 25.4. The number of aryl methyl sites for hydroxylation is 1. The second-order valence-electron chi connectivity index (χ2n) is 8.74. The smallest absolute Gasteiger partial charge is 0.160 e. The Hall–Kier alpha value is -2.66. The average Bonchev–Trinajstić information content (AvgIpc) is 3.52. The molecule has 35 heavy (non-hydrogen) atoms. The Kier molecular flexibility index (Phi) is 7.65. The van der Waals surface area contributed by atoms with Crippen molar-refractivity contribution in [1.29, 1.82) is 0 Å². The van der Waals surface area contributed by atoms with Gasteiger partial charge in [-0.3, -0.25) is 4.57 Å². The van der Waals surface area contributed by atoms with E-state index < -0.39 is 15.1 Å². The van der Waals surface area contributed by atoms with Crippen molar-refractivity contribution in [2.75, 3.05) is 20.0 Å². The van der Waals surface area contributed by atoms with Crippen LogP contribution < -0.4 is 9.47 Å². The fourth-order valence-electron chi connectivity index (χ4n) is 4.18. The molecule has 0 saturated carbocycles. The number of benzene rings is 1. The van der Waals surface area contributed by atoms with Gasteiger partial charge in [-0.15, -0.1) is 10.2 Å². The zero-order valence-corrected chi connectivity index (χ0v) is 22.3. The minimum atomic E-state index is -3.64. The molecule has 11 heteroatoms. The van der Waals surface area contributed by atoms with E-state index in [-0.39, 0.29) is 16.9 Å². The Labute approximate surface area is 210 Å². The van der Waals surface area contributed by atoms with Gasteiger partial charge in [-0.2, -0.15) is 11.8 Å². The maximum Gasteiger partial charge on any atom is 0.160 e. The molecule has 188 valence electrons. The molecule has 3 aromatic rings. The van der Waals surface area contributed by atoms with Gasteiger partial charge < -0.3 is 9.47 Å². The van der Waals surface area contributed by atoms with E-state index in [2.05, 4.69) is 20.2 Å². The summed E-state index contributed by atoms with van der Waals surface area (Å²) < 4.78 is 40.3. The summed E-state index contributed by atoms with van der Waals surface area (Å²) in [6.07, 6.45) is 5.43. The van der Waals surface area contributed by atoms with E-state index in [0.717, 1.165) is 24.2 Å². The van der Waals surface area contributed by atoms with Crippen molar-refractivity contribution in [2.45, 2.75) is 55.8 Å². The van der Waals surface area contributed by atoms with E-state index in [1.807, 2.05) is 36.6 Å². The van der Waals surface area contributed by atoms with Gasteiger partial charge in [0.05, 0.1) is 24.7 Å². The van der Waals surface area contributed by atoms with Crippen LogP contribution in [0.5, 0.6) is 11.5 Å². The number of sulfone groups is 1. The van der Waals surface area contributed by atoms with Gasteiger partial charge in [-0.1, -0.05) is 13.0 Å². The number of hydrogen-bond acceptors (Lipinski definition) is 9. The molecular formula is C24H31N5O4S2. The highest BCUT2D eigenvalue weighted by atomic mass is 32.2. The molecule has 1 aromatic carbocycles. The zero-order valence-electron chi connectivity index (χ0n) is 20.6. The van der Waals surface area contributed by atoms with E-state index in [4.69, 9.17) is 9.47 Å². The summed E-state index contributed by atoms with van der Waals surface area (Å²) >= 11 is 1.80. The fourth-order valence-corrected chi connectivity index (χ4v) is 6.99. The molecule has 1 fully saturated rings. The molecule has 2 aromatic heterocycles. The summed E-state index contributed by atoms with van der Waals surface area (Å²) in [6, 6.07) is 5.47. The topological polar surface area (TPSA) is 109 Å². The van der Waals surface area contributed by atoms with Crippen molar-refractivity contribution >= 4 is 21.6 Å². The molecule has 1 aliphatic heterocycles. The summed E-state index contributed by atoms with van der Waals surface area (Å²) in [6.45, 7) is 5.43. The van der Waals surface area contributed by atoms with Crippen LogP contribution in [0.1, 0.15) is 60.9 Å². The number of ether oxygens (including phenoxy) is 2. The summed E-state index contributed by atoms with van der Waals surface area (Å²) in [7, 11) is -0.487. The Morgan fingerprint density at radius 3 is 2.34 bits per heavy atom. The maximum atomic E-state index is 13.6. The Morgan fingerprint density at radius 1 is 1.11 bits per heavy atom. The maximum absolute atomic E-state index is 13.6. The molecule has 1 aliphatic rings. The van der Waals surface area contributed by atoms with Crippen molar-refractivity contribution in [1.82, 2.24) is 24.7 Å². The number of aromatic nitrogens is 5. The minimum absolute atomic E-state index is 0.117. The monoisotopic (exact) mass is 517 g/mol. The third-order valence-electron chi connectivity index (χ3n) is 6.41. The molecule has 3 atom stereocenters. The Morgan fingerprint density at radius 2 is 1.77 bits per heavy atom. The highest BCUT2D eigenvalue weighted by molar-refractivity contribution is 7.99. The third kappa shape index (κ3) is 5.16. The van der Waals surface area contributed by atoms with Gasteiger partial charge >= 0.3 is 0 Å². The van der Waals surface area contributed by atoms with Gasteiger partial charge in [0.25, 0.3) is 0 Å². The van der Waals surface area contributed by atoms with Crippen LogP contribution in [-0.4, -0.2) is 58.4 Å². The first-order chi connectivity index (χ1) is 16.8. The van der Waals surface area contributed by atoms with E-state index in [1.54, 1.807) is 45.3 Å². The number of thioether (sulfide) groups is 1. The number of methoxy groups -OCH3 is 2. The Balaban J connectivity index is 1.76. The molecule has 3 heterocycles. The van der Waals surface area contributed by atoms with E-state index in [9.17, 15) is 8.42 Å². The molecule has 4 rings (SSSR count). The predicted molar refractivity (Wildman–Crippen MR) is 136 cm³/mol. The highest BCUT2D eigenvalue weighted by Gasteiger charge is 2.34. The van der Waals surface area contributed by atoms with Crippen LogP contribution in [0.15, 0.2) is 30.6 Å². The lowest BCUT2D eigenvalue weighted by Gasteiger charge is -2.21. The third-order valence-corrected chi connectivity index (χ3v) is 9.98. The van der Waals surface area contributed by atoms with Crippen molar-refractivity contribution in [2.24, 2.45) is 0 Å². The molecule has 1 saturated heterocycles. The normalized spacial score (nSPS) is 17.8. The van der Waals surface area contributed by atoms with Crippen molar-refractivity contribution < 1.29 is 17.9 Å². The quantitative estimate of drug-likeness (QED) is 0.415. The van der Waals surface area contributed by atoms with E-state index in [0.29, 0.717) is 34.7 Å². The van der Waals surface area contributed by atoms with Crippen LogP contribution >= 0.6 is 11.8 Å². The largest absolute Gasteiger partial charge is 0.494 e. The highest BCUT2D eigenvalue weighted by Crippen LogP contribution is 2.43. The number of nitrogens with zero attached hydrogens (tertiary/aromatic N) is 5. The van der Waals surface area contributed by atoms with Crippen molar-refractivity contribution in [3.63, 3.8) is 0 Å². The average molecular weight is 518 g/mol. The summed E-state index contributed by atoms with van der Waals surface area (Å²) in [5.74, 6) is 3.02. The fraction of sp³-hybridized carbons (Fsp3) is 0.500. The lowest BCUT2D eigenvalue weighted by Crippen LogP contribution is -2.27. The second-order valence-corrected chi connectivity index (χ2v) is 12.4. The predicted octanol–water partition coefficient (Wildman–Crippen LogP) is 4.06. The first-order valence-corrected chi connectivity index (χ1v) is 14.3. The molecule has 0 unspecified atom stereocenters. The number of rotatable bonds is 9. The lowest BCUT2D eigenvalue weighted by molar-refractivity contribution is 0.390. The van der Waals surface area contributed by atoms with Crippen LogP contribution in [0.2, 0.25) is 0 Å². The molecule has 0 amide bonds. The number of hydrogen-bond donors (Lipinski definition) is 0. The van der Waals surface area contributed by atoms with Crippen LogP contribution in [0, 0.1) is 6.92 Å². The summed E-state index contributed by atoms with van der Waals surface area (Å²) in [5.41, 5.74) is 1.53. The van der Waals surface area contributed by atoms with E-state index >= 15 is 0 Å². The molecule has 9 nitrogen and oxygen atoms in total. The zero-order chi connectivity index (χ0) is 25.2. The van der Waals surface area contributed by atoms with Gasteiger partial charge in [0.1, 0.15) is 28.8 Å². The van der Waals surface area contributed by atoms with Gasteiger partial charge in [-0.05, 0) is 50.1 Å². The van der Waals surface area contributed by atoms with Gasteiger partial charge in [0, 0.05) is 18.3 Å². The standard InChI is InChI=1S/C24H31N5O4S2/c1-15-12-25-23(26-13-15)16(2)17(3)35(30,31)14-21-27-28-24(20-10-7-11-34-20)29(21)22-18(32-4)8-6-9-19(22)33-5/h6,8-9,12-13,16-17,20H,7,10-11,14H2,1-5H3/t16-,17-,20-/m0/s1. The van der Waals surface area contributed by atoms with Gasteiger partial charge in [0.15, 0.2) is 21.5 Å². The van der Waals surface area contributed by atoms with Gasteiger partial charge in [-0.25, -0.2) is 18.4 Å². The molecule has 0 N–H and O–H groups in total. The SMILES string of the molecule is COc1cccc(OC)c1-n1c(CS(=O)(=O)[C@@H](C)[C@H](C)c2ncc(C)cn2)nnc1[C@@H]1CCCS1. The van der Waals surface area contributed by atoms with Crippen LogP contribution in [0.3, 0.4) is 0 Å². The molecule has 0 bridgehead atoms.